The zero-order valence-corrected chi connectivity index (χ0v) is 21.4. The van der Waals surface area contributed by atoms with Crippen LogP contribution in [0.2, 0.25) is 0 Å². The summed E-state index contributed by atoms with van der Waals surface area (Å²) in [6, 6.07) is 9.84. The molecular formula is C29H32N2O5. The number of nitrogens with one attached hydrogen (secondary N) is 2. The number of fused-ring (bicyclic) bond motifs is 4. The first-order valence-corrected chi connectivity index (χ1v) is 12.4. The van der Waals surface area contributed by atoms with E-state index in [4.69, 9.17) is 13.9 Å². The number of ether oxygens (including phenoxy) is 2. The van der Waals surface area contributed by atoms with E-state index in [-0.39, 0.29) is 24.0 Å². The summed E-state index contributed by atoms with van der Waals surface area (Å²) in [6.45, 7) is 7.89. The Labute approximate surface area is 209 Å². The van der Waals surface area contributed by atoms with Crippen molar-refractivity contribution in [1.82, 2.24) is 10.3 Å². The number of H-pyrrole nitrogens is 1. The van der Waals surface area contributed by atoms with Crippen molar-refractivity contribution in [2.75, 3.05) is 7.11 Å². The van der Waals surface area contributed by atoms with E-state index in [1.807, 2.05) is 58.2 Å². The van der Waals surface area contributed by atoms with Crippen molar-refractivity contribution in [3.8, 4) is 11.5 Å². The molecule has 2 aromatic carbocycles. The number of amides is 1. The molecule has 4 aromatic rings. The Bertz CT molecular complexity index is 1530. The fourth-order valence-electron chi connectivity index (χ4n) is 5.22. The van der Waals surface area contributed by atoms with Crippen LogP contribution in [0.15, 0.2) is 45.7 Å². The number of hydrogen-bond acceptors (Lipinski definition) is 5. The van der Waals surface area contributed by atoms with Crippen molar-refractivity contribution in [2.24, 2.45) is 0 Å². The minimum atomic E-state index is -0.500. The van der Waals surface area contributed by atoms with Gasteiger partial charge < -0.3 is 24.2 Å². The smallest absolute Gasteiger partial charge is 0.340 e. The number of carbonyl (C=O) groups is 1. The molecular weight excluding hydrogens is 456 g/mol. The monoisotopic (exact) mass is 488 g/mol. The van der Waals surface area contributed by atoms with Crippen LogP contribution >= 0.6 is 0 Å². The number of hydrogen-bond donors (Lipinski definition) is 2. The van der Waals surface area contributed by atoms with Crippen LogP contribution < -0.4 is 20.4 Å². The minimum absolute atomic E-state index is 0.0634. The maximum atomic E-state index is 13.1. The second-order valence-corrected chi connectivity index (χ2v) is 10.3. The number of rotatable bonds is 6. The average Bonchev–Trinajstić information content (AvgIpc) is 3.22. The molecule has 36 heavy (non-hydrogen) atoms. The van der Waals surface area contributed by atoms with E-state index in [1.165, 1.54) is 0 Å². The summed E-state index contributed by atoms with van der Waals surface area (Å²) in [7, 11) is 1.58. The molecule has 1 aliphatic heterocycles. The predicted octanol–water partition coefficient (Wildman–Crippen LogP) is 4.98. The van der Waals surface area contributed by atoms with E-state index in [2.05, 4.69) is 16.4 Å². The van der Waals surface area contributed by atoms with Gasteiger partial charge in [0.1, 0.15) is 22.7 Å². The van der Waals surface area contributed by atoms with Crippen LogP contribution in [0.3, 0.4) is 0 Å². The molecule has 1 aliphatic rings. The zero-order valence-electron chi connectivity index (χ0n) is 21.4. The third kappa shape index (κ3) is 4.34. The molecule has 2 N–H and O–H groups in total. The van der Waals surface area contributed by atoms with Gasteiger partial charge in [0, 0.05) is 34.8 Å². The number of benzene rings is 2. The largest absolute Gasteiger partial charge is 0.496 e. The molecule has 188 valence electrons. The SMILES string of the molecule is COc1cc2c(c3oc(=O)c(CC(=O)N[C@@H](C)Cc4c[nH]c5ccccc45)c(C)c13)CCC(C)(C)O2. The van der Waals surface area contributed by atoms with E-state index in [0.29, 0.717) is 40.0 Å². The number of carbonyl (C=O) groups excluding carboxylic acids is 1. The summed E-state index contributed by atoms with van der Waals surface area (Å²) in [5.41, 5.74) is 3.80. The number of aromatic nitrogens is 1. The molecule has 2 aromatic heterocycles. The van der Waals surface area contributed by atoms with Crippen molar-refractivity contribution in [1.29, 1.82) is 0 Å². The topological polar surface area (TPSA) is 93.6 Å². The van der Waals surface area contributed by atoms with Crippen LogP contribution in [0.1, 0.15) is 49.4 Å². The number of aryl methyl sites for hydroxylation is 2. The lowest BCUT2D eigenvalue weighted by Gasteiger charge is -2.33. The minimum Gasteiger partial charge on any atom is -0.496 e. The fourth-order valence-corrected chi connectivity index (χ4v) is 5.22. The summed E-state index contributed by atoms with van der Waals surface area (Å²) < 4.78 is 17.6. The van der Waals surface area contributed by atoms with Crippen molar-refractivity contribution in [2.45, 2.75) is 65.0 Å². The van der Waals surface area contributed by atoms with Crippen LogP contribution in [-0.2, 0) is 24.1 Å². The zero-order chi connectivity index (χ0) is 25.6. The molecule has 7 heteroatoms. The molecule has 0 spiro atoms. The van der Waals surface area contributed by atoms with Crippen molar-refractivity contribution in [3.05, 3.63) is 69.2 Å². The first-order valence-electron chi connectivity index (χ1n) is 12.4. The van der Waals surface area contributed by atoms with Gasteiger partial charge >= 0.3 is 5.63 Å². The Hall–Kier alpha value is -3.74. The third-order valence-electron chi connectivity index (χ3n) is 7.10. The van der Waals surface area contributed by atoms with Gasteiger partial charge in [-0.05, 0) is 64.2 Å². The van der Waals surface area contributed by atoms with Crippen molar-refractivity contribution < 1.29 is 18.7 Å². The highest BCUT2D eigenvalue weighted by Gasteiger charge is 2.31. The van der Waals surface area contributed by atoms with Crippen LogP contribution in [0, 0.1) is 6.92 Å². The molecule has 0 bridgehead atoms. The molecule has 0 unspecified atom stereocenters. The van der Waals surface area contributed by atoms with Crippen LogP contribution in [0.5, 0.6) is 11.5 Å². The maximum Gasteiger partial charge on any atom is 0.340 e. The Morgan fingerprint density at radius 1 is 1.28 bits per heavy atom. The quantitative estimate of drug-likeness (QED) is 0.373. The van der Waals surface area contributed by atoms with E-state index in [0.717, 1.165) is 34.9 Å². The highest BCUT2D eigenvalue weighted by atomic mass is 16.5. The standard InChI is InChI=1S/C29H32N2O5/c1-16(12-18-15-30-22-9-7-6-8-19(18)22)31-25(32)13-21-17(2)26-24(34-5)14-23-20(27(26)35-28(21)33)10-11-29(3,4)36-23/h6-9,14-16,30H,10-13H2,1-5H3,(H,31,32)/t16-/m0/s1. The first kappa shape index (κ1) is 24.0. The lowest BCUT2D eigenvalue weighted by Crippen LogP contribution is -2.36. The molecule has 7 nitrogen and oxygen atoms in total. The molecule has 3 heterocycles. The maximum absolute atomic E-state index is 13.1. The number of aromatic amines is 1. The van der Waals surface area contributed by atoms with Crippen molar-refractivity contribution >= 4 is 27.8 Å². The molecule has 1 amide bonds. The average molecular weight is 489 g/mol. The molecule has 0 aliphatic carbocycles. The van der Waals surface area contributed by atoms with Gasteiger partial charge in [-0.15, -0.1) is 0 Å². The first-order chi connectivity index (χ1) is 17.2. The molecule has 0 saturated carbocycles. The van der Waals surface area contributed by atoms with Gasteiger partial charge in [0.25, 0.3) is 0 Å². The molecule has 0 saturated heterocycles. The highest BCUT2D eigenvalue weighted by Crippen LogP contribution is 2.43. The lowest BCUT2D eigenvalue weighted by molar-refractivity contribution is -0.121. The van der Waals surface area contributed by atoms with E-state index in [9.17, 15) is 9.59 Å². The predicted molar refractivity (Wildman–Crippen MR) is 140 cm³/mol. The number of methoxy groups -OCH3 is 1. The Balaban J connectivity index is 1.41. The Morgan fingerprint density at radius 2 is 2.06 bits per heavy atom. The van der Waals surface area contributed by atoms with Gasteiger partial charge in [0.2, 0.25) is 5.91 Å². The molecule has 0 fully saturated rings. The molecule has 5 rings (SSSR count). The summed E-state index contributed by atoms with van der Waals surface area (Å²) in [5.74, 6) is 1.02. The highest BCUT2D eigenvalue weighted by molar-refractivity contribution is 5.93. The second kappa shape index (κ2) is 9.04. The van der Waals surface area contributed by atoms with Gasteiger partial charge in [-0.2, -0.15) is 0 Å². The third-order valence-corrected chi connectivity index (χ3v) is 7.10. The summed E-state index contributed by atoms with van der Waals surface area (Å²) >= 11 is 0. The van der Waals surface area contributed by atoms with Crippen LogP contribution in [0.25, 0.3) is 21.9 Å². The van der Waals surface area contributed by atoms with Gasteiger partial charge in [0.05, 0.1) is 24.5 Å². The number of para-hydroxylation sites is 1. The fraction of sp³-hybridized carbons (Fsp3) is 0.379. The Morgan fingerprint density at radius 3 is 2.83 bits per heavy atom. The molecule has 0 radical (unpaired) electrons. The van der Waals surface area contributed by atoms with E-state index < -0.39 is 5.63 Å². The van der Waals surface area contributed by atoms with E-state index >= 15 is 0 Å². The lowest BCUT2D eigenvalue weighted by atomic mass is 9.91. The van der Waals surface area contributed by atoms with Crippen molar-refractivity contribution in [3.63, 3.8) is 0 Å². The van der Waals surface area contributed by atoms with Gasteiger partial charge in [-0.3, -0.25) is 4.79 Å². The van der Waals surface area contributed by atoms with E-state index in [1.54, 1.807) is 7.11 Å². The summed E-state index contributed by atoms with van der Waals surface area (Å²) in [4.78, 5) is 29.3. The normalized spacial score (nSPS) is 15.4. The van der Waals surface area contributed by atoms with Gasteiger partial charge in [-0.25, -0.2) is 4.79 Å². The summed E-state index contributed by atoms with van der Waals surface area (Å²) in [5, 5.41) is 4.90. The summed E-state index contributed by atoms with van der Waals surface area (Å²) in [6.07, 6.45) is 4.13. The second-order valence-electron chi connectivity index (χ2n) is 10.3. The Kier molecular flexibility index (Phi) is 6.02. The van der Waals surface area contributed by atoms with Gasteiger partial charge in [0.15, 0.2) is 0 Å². The van der Waals surface area contributed by atoms with Crippen LogP contribution in [0.4, 0.5) is 0 Å². The molecule has 1 atom stereocenters. The van der Waals surface area contributed by atoms with Gasteiger partial charge in [-0.1, -0.05) is 18.2 Å². The van der Waals surface area contributed by atoms with Crippen LogP contribution in [-0.4, -0.2) is 29.6 Å².